The Morgan fingerprint density at radius 3 is 2.80 bits per heavy atom. The summed E-state index contributed by atoms with van der Waals surface area (Å²) in [4.78, 5) is 13.7. The SMILES string of the molecule is CN(C)c1ccc(CNC(=O)[C@H]2CC=CCC2)cc1F. The summed E-state index contributed by atoms with van der Waals surface area (Å²) >= 11 is 0. The lowest BCUT2D eigenvalue weighted by Gasteiger charge is -2.18. The van der Waals surface area contributed by atoms with Gasteiger partial charge in [-0.3, -0.25) is 4.79 Å². The minimum absolute atomic E-state index is 0.0610. The van der Waals surface area contributed by atoms with Crippen molar-refractivity contribution in [2.24, 2.45) is 5.92 Å². The molecule has 0 radical (unpaired) electrons. The monoisotopic (exact) mass is 276 g/mol. The number of carbonyl (C=O) groups is 1. The fourth-order valence-corrected chi connectivity index (χ4v) is 2.39. The molecule has 0 saturated heterocycles. The van der Waals surface area contributed by atoms with E-state index in [4.69, 9.17) is 0 Å². The molecule has 108 valence electrons. The number of hydrogen-bond donors (Lipinski definition) is 1. The molecule has 1 aromatic rings. The lowest BCUT2D eigenvalue weighted by Crippen LogP contribution is -2.30. The normalized spacial score (nSPS) is 17.9. The number of rotatable bonds is 4. The van der Waals surface area contributed by atoms with Gasteiger partial charge in [-0.15, -0.1) is 0 Å². The predicted octanol–water partition coefficient (Wildman–Crippen LogP) is 2.86. The van der Waals surface area contributed by atoms with Crippen molar-refractivity contribution in [3.8, 4) is 0 Å². The molecule has 0 aliphatic heterocycles. The van der Waals surface area contributed by atoms with Gasteiger partial charge in [0, 0.05) is 26.6 Å². The number of carbonyl (C=O) groups excluding carboxylic acids is 1. The highest BCUT2D eigenvalue weighted by molar-refractivity contribution is 5.79. The van der Waals surface area contributed by atoms with E-state index in [9.17, 15) is 9.18 Å². The first kappa shape index (κ1) is 14.6. The molecule has 4 heteroatoms. The van der Waals surface area contributed by atoms with E-state index in [0.29, 0.717) is 12.2 Å². The lowest BCUT2D eigenvalue weighted by atomic mass is 9.93. The van der Waals surface area contributed by atoms with Gasteiger partial charge in [-0.05, 0) is 37.0 Å². The second-order valence-corrected chi connectivity index (χ2v) is 5.38. The van der Waals surface area contributed by atoms with Crippen LogP contribution in [0.25, 0.3) is 0 Å². The van der Waals surface area contributed by atoms with Gasteiger partial charge in [0.05, 0.1) is 5.69 Å². The Morgan fingerprint density at radius 1 is 1.40 bits per heavy atom. The van der Waals surface area contributed by atoms with E-state index in [0.717, 1.165) is 24.8 Å². The van der Waals surface area contributed by atoms with Crippen LogP contribution >= 0.6 is 0 Å². The van der Waals surface area contributed by atoms with E-state index >= 15 is 0 Å². The maximum absolute atomic E-state index is 13.8. The number of amides is 1. The quantitative estimate of drug-likeness (QED) is 0.858. The van der Waals surface area contributed by atoms with Crippen molar-refractivity contribution in [1.82, 2.24) is 5.32 Å². The van der Waals surface area contributed by atoms with Crippen molar-refractivity contribution in [2.45, 2.75) is 25.8 Å². The van der Waals surface area contributed by atoms with Crippen LogP contribution in [0.15, 0.2) is 30.4 Å². The van der Waals surface area contributed by atoms with E-state index in [1.54, 1.807) is 25.1 Å². The molecule has 1 atom stereocenters. The van der Waals surface area contributed by atoms with Crippen molar-refractivity contribution in [3.63, 3.8) is 0 Å². The van der Waals surface area contributed by atoms with Crippen LogP contribution in [0.3, 0.4) is 0 Å². The Hall–Kier alpha value is -1.84. The van der Waals surface area contributed by atoms with Gasteiger partial charge in [-0.2, -0.15) is 0 Å². The van der Waals surface area contributed by atoms with Crippen LogP contribution in [0.1, 0.15) is 24.8 Å². The van der Waals surface area contributed by atoms with Gasteiger partial charge in [0.25, 0.3) is 0 Å². The minimum Gasteiger partial charge on any atom is -0.375 e. The minimum atomic E-state index is -0.262. The molecule has 1 aliphatic rings. The van der Waals surface area contributed by atoms with Crippen molar-refractivity contribution in [1.29, 1.82) is 0 Å². The lowest BCUT2D eigenvalue weighted by molar-refractivity contribution is -0.125. The Labute approximate surface area is 119 Å². The van der Waals surface area contributed by atoms with Crippen LogP contribution in [-0.2, 0) is 11.3 Å². The van der Waals surface area contributed by atoms with Gasteiger partial charge < -0.3 is 10.2 Å². The molecule has 1 N–H and O–H groups in total. The molecular weight excluding hydrogens is 255 g/mol. The number of allylic oxidation sites excluding steroid dienone is 2. The molecule has 3 nitrogen and oxygen atoms in total. The molecule has 0 fully saturated rings. The Balaban J connectivity index is 1.92. The highest BCUT2D eigenvalue weighted by Gasteiger charge is 2.18. The summed E-state index contributed by atoms with van der Waals surface area (Å²) in [6.07, 6.45) is 6.83. The van der Waals surface area contributed by atoms with Gasteiger partial charge in [-0.25, -0.2) is 4.39 Å². The third-order valence-corrected chi connectivity index (χ3v) is 3.60. The van der Waals surface area contributed by atoms with Gasteiger partial charge in [0.15, 0.2) is 0 Å². The zero-order chi connectivity index (χ0) is 14.5. The second kappa shape index (κ2) is 6.55. The maximum Gasteiger partial charge on any atom is 0.223 e. The third-order valence-electron chi connectivity index (χ3n) is 3.60. The summed E-state index contributed by atoms with van der Waals surface area (Å²) in [5.41, 5.74) is 1.34. The number of halogens is 1. The number of nitrogens with zero attached hydrogens (tertiary/aromatic N) is 1. The molecular formula is C16H21FN2O. The zero-order valence-electron chi connectivity index (χ0n) is 12.0. The van der Waals surface area contributed by atoms with Crippen molar-refractivity contribution in [3.05, 3.63) is 41.7 Å². The second-order valence-electron chi connectivity index (χ2n) is 5.38. The summed E-state index contributed by atoms with van der Waals surface area (Å²) in [6, 6.07) is 5.07. The zero-order valence-corrected chi connectivity index (χ0v) is 12.0. The van der Waals surface area contributed by atoms with Gasteiger partial charge in [0.1, 0.15) is 5.82 Å². The first-order chi connectivity index (χ1) is 9.58. The van der Waals surface area contributed by atoms with E-state index in [1.165, 1.54) is 6.07 Å². The van der Waals surface area contributed by atoms with E-state index in [-0.39, 0.29) is 17.6 Å². The highest BCUT2D eigenvalue weighted by atomic mass is 19.1. The van der Waals surface area contributed by atoms with Crippen molar-refractivity contribution in [2.75, 3.05) is 19.0 Å². The topological polar surface area (TPSA) is 32.3 Å². The molecule has 20 heavy (non-hydrogen) atoms. The van der Waals surface area contributed by atoms with Crippen molar-refractivity contribution < 1.29 is 9.18 Å². The maximum atomic E-state index is 13.8. The summed E-state index contributed by atoms with van der Waals surface area (Å²) < 4.78 is 13.8. The first-order valence-corrected chi connectivity index (χ1v) is 6.96. The molecule has 2 rings (SSSR count). The Kier molecular flexibility index (Phi) is 4.77. The predicted molar refractivity (Wildman–Crippen MR) is 79.1 cm³/mol. The molecule has 0 saturated carbocycles. The van der Waals surface area contributed by atoms with Crippen molar-refractivity contribution >= 4 is 11.6 Å². The van der Waals surface area contributed by atoms with Gasteiger partial charge in [0.2, 0.25) is 5.91 Å². The van der Waals surface area contributed by atoms with Crippen LogP contribution in [0.2, 0.25) is 0 Å². The Bertz CT molecular complexity index is 511. The summed E-state index contributed by atoms with van der Waals surface area (Å²) in [7, 11) is 3.60. The fraction of sp³-hybridized carbons (Fsp3) is 0.438. The molecule has 1 amide bonds. The molecule has 0 unspecified atom stereocenters. The van der Waals surface area contributed by atoms with E-state index in [2.05, 4.69) is 17.5 Å². The van der Waals surface area contributed by atoms with E-state index < -0.39 is 0 Å². The van der Waals surface area contributed by atoms with Crippen LogP contribution in [0.4, 0.5) is 10.1 Å². The number of hydrogen-bond acceptors (Lipinski definition) is 2. The van der Waals surface area contributed by atoms with Crippen LogP contribution in [0.5, 0.6) is 0 Å². The molecule has 0 heterocycles. The highest BCUT2D eigenvalue weighted by Crippen LogP contribution is 2.20. The van der Waals surface area contributed by atoms with Crippen LogP contribution < -0.4 is 10.2 Å². The summed E-state index contributed by atoms with van der Waals surface area (Å²) in [5, 5.41) is 2.89. The van der Waals surface area contributed by atoms with Gasteiger partial charge >= 0.3 is 0 Å². The van der Waals surface area contributed by atoms with Crippen LogP contribution in [-0.4, -0.2) is 20.0 Å². The average Bonchev–Trinajstić information content (AvgIpc) is 2.45. The standard InChI is InChI=1S/C16H21FN2O/c1-19(2)15-9-8-12(10-14(15)17)11-18-16(20)13-6-4-3-5-7-13/h3-4,8-10,13H,5-7,11H2,1-2H3,(H,18,20)/t13-/m0/s1. The molecule has 0 spiro atoms. The number of anilines is 1. The fourth-order valence-electron chi connectivity index (χ4n) is 2.39. The van der Waals surface area contributed by atoms with E-state index in [1.807, 2.05) is 6.07 Å². The summed E-state index contributed by atoms with van der Waals surface area (Å²) in [6.45, 7) is 0.379. The van der Waals surface area contributed by atoms with Gasteiger partial charge in [-0.1, -0.05) is 18.2 Å². The number of benzene rings is 1. The summed E-state index contributed by atoms with van der Waals surface area (Å²) in [5.74, 6) is -0.139. The Morgan fingerprint density at radius 2 is 2.20 bits per heavy atom. The molecule has 0 bridgehead atoms. The molecule has 1 aliphatic carbocycles. The van der Waals surface area contributed by atoms with Crippen LogP contribution in [0, 0.1) is 11.7 Å². The smallest absolute Gasteiger partial charge is 0.223 e. The number of nitrogens with one attached hydrogen (secondary N) is 1. The molecule has 1 aromatic carbocycles. The first-order valence-electron chi connectivity index (χ1n) is 6.96. The average molecular weight is 276 g/mol. The molecule has 0 aromatic heterocycles. The third kappa shape index (κ3) is 3.59. The largest absolute Gasteiger partial charge is 0.375 e.